The van der Waals surface area contributed by atoms with Gasteiger partial charge in [-0.3, -0.25) is 4.79 Å². The van der Waals surface area contributed by atoms with E-state index in [0.717, 1.165) is 31.8 Å². The van der Waals surface area contributed by atoms with Crippen molar-refractivity contribution in [2.24, 2.45) is 11.8 Å². The van der Waals surface area contributed by atoms with Crippen molar-refractivity contribution < 1.29 is 4.79 Å². The van der Waals surface area contributed by atoms with E-state index in [1.807, 2.05) is 0 Å². The van der Waals surface area contributed by atoms with Crippen LogP contribution >= 0.6 is 0 Å². The average Bonchev–Trinajstić information content (AvgIpc) is 2.57. The Kier molecular flexibility index (Phi) is 5.56. The van der Waals surface area contributed by atoms with E-state index in [-0.39, 0.29) is 0 Å². The Morgan fingerprint density at radius 3 is 2.05 bits per heavy atom. The van der Waals surface area contributed by atoms with Crippen LogP contribution in [0.2, 0.25) is 0 Å². The molecule has 3 heteroatoms. The highest BCUT2D eigenvalue weighted by Gasteiger charge is 2.29. The fourth-order valence-electron chi connectivity index (χ4n) is 4.45. The summed E-state index contributed by atoms with van der Waals surface area (Å²) in [6, 6.07) is 0. The second-order valence-corrected chi connectivity index (χ2v) is 7.46. The average molecular weight is 292 g/mol. The fraction of sp³-hybridized carbons (Fsp3) is 0.944. The van der Waals surface area contributed by atoms with Gasteiger partial charge in [0.25, 0.3) is 0 Å². The quantitative estimate of drug-likeness (QED) is 0.797. The largest absolute Gasteiger partial charge is 0.342 e. The van der Waals surface area contributed by atoms with Gasteiger partial charge in [0, 0.05) is 25.6 Å². The molecule has 2 heterocycles. The van der Waals surface area contributed by atoms with Gasteiger partial charge in [-0.2, -0.15) is 0 Å². The maximum absolute atomic E-state index is 12.6. The van der Waals surface area contributed by atoms with Gasteiger partial charge in [0.2, 0.25) is 5.91 Å². The van der Waals surface area contributed by atoms with Gasteiger partial charge in [-0.25, -0.2) is 0 Å². The fourth-order valence-corrected chi connectivity index (χ4v) is 4.45. The standard InChI is InChI=1S/C18H32N2O/c21-18(17-7-3-1-4-8-17)20-13-9-16(10-14-20)15-19-11-5-2-6-12-19/h16-17H,1-15H2. The van der Waals surface area contributed by atoms with Gasteiger partial charge in [0.1, 0.15) is 0 Å². The van der Waals surface area contributed by atoms with E-state index in [9.17, 15) is 4.79 Å². The number of hydrogen-bond acceptors (Lipinski definition) is 2. The molecule has 0 unspecified atom stereocenters. The van der Waals surface area contributed by atoms with Gasteiger partial charge in [0.15, 0.2) is 0 Å². The van der Waals surface area contributed by atoms with E-state index in [0.29, 0.717) is 11.8 Å². The van der Waals surface area contributed by atoms with E-state index in [1.54, 1.807) is 0 Å². The number of hydrogen-bond donors (Lipinski definition) is 0. The zero-order valence-corrected chi connectivity index (χ0v) is 13.6. The third kappa shape index (κ3) is 4.21. The number of rotatable bonds is 3. The summed E-state index contributed by atoms with van der Waals surface area (Å²) < 4.78 is 0. The van der Waals surface area contributed by atoms with Crippen molar-refractivity contribution in [2.75, 3.05) is 32.7 Å². The summed E-state index contributed by atoms with van der Waals surface area (Å²) in [5, 5.41) is 0. The first-order chi connectivity index (χ1) is 10.3. The minimum atomic E-state index is 0.359. The molecule has 0 aromatic carbocycles. The molecule has 21 heavy (non-hydrogen) atoms. The molecule has 2 aliphatic heterocycles. The van der Waals surface area contributed by atoms with Crippen LogP contribution in [0.1, 0.15) is 64.2 Å². The second-order valence-electron chi connectivity index (χ2n) is 7.46. The Morgan fingerprint density at radius 1 is 0.762 bits per heavy atom. The Balaban J connectivity index is 1.40. The minimum absolute atomic E-state index is 0.359. The molecule has 0 N–H and O–H groups in total. The van der Waals surface area contributed by atoms with Crippen molar-refractivity contribution in [3.63, 3.8) is 0 Å². The molecule has 2 saturated heterocycles. The van der Waals surface area contributed by atoms with E-state index in [2.05, 4.69) is 9.80 Å². The third-order valence-electron chi connectivity index (χ3n) is 5.85. The summed E-state index contributed by atoms with van der Waals surface area (Å²) in [5.41, 5.74) is 0. The maximum atomic E-state index is 12.6. The first-order valence-corrected chi connectivity index (χ1v) is 9.34. The Hall–Kier alpha value is -0.570. The van der Waals surface area contributed by atoms with Crippen LogP contribution in [0.5, 0.6) is 0 Å². The van der Waals surface area contributed by atoms with Crippen molar-refractivity contribution >= 4 is 5.91 Å². The van der Waals surface area contributed by atoms with Crippen LogP contribution in [0, 0.1) is 11.8 Å². The number of amides is 1. The molecule has 3 rings (SSSR count). The molecule has 0 bridgehead atoms. The summed E-state index contributed by atoms with van der Waals surface area (Å²) in [6.07, 6.45) is 12.8. The first kappa shape index (κ1) is 15.3. The topological polar surface area (TPSA) is 23.6 Å². The number of piperidine rings is 2. The molecule has 3 fully saturated rings. The lowest BCUT2D eigenvalue weighted by Gasteiger charge is -2.37. The highest BCUT2D eigenvalue weighted by atomic mass is 16.2. The van der Waals surface area contributed by atoms with Crippen molar-refractivity contribution in [1.82, 2.24) is 9.80 Å². The molecule has 0 aromatic heterocycles. The van der Waals surface area contributed by atoms with Gasteiger partial charge in [-0.15, -0.1) is 0 Å². The molecule has 1 aliphatic carbocycles. The SMILES string of the molecule is O=C(C1CCCCC1)N1CCC(CN2CCCCC2)CC1. The monoisotopic (exact) mass is 292 g/mol. The highest BCUT2D eigenvalue weighted by Crippen LogP contribution is 2.28. The minimum Gasteiger partial charge on any atom is -0.342 e. The van der Waals surface area contributed by atoms with Gasteiger partial charge in [-0.1, -0.05) is 25.7 Å². The third-order valence-corrected chi connectivity index (χ3v) is 5.85. The summed E-state index contributed by atoms with van der Waals surface area (Å²) in [6.45, 7) is 5.94. The van der Waals surface area contributed by atoms with Crippen LogP contribution in [-0.4, -0.2) is 48.4 Å². The number of nitrogens with zero attached hydrogens (tertiary/aromatic N) is 2. The van der Waals surface area contributed by atoms with E-state index < -0.39 is 0 Å². The molecule has 0 radical (unpaired) electrons. The Labute approximate surface area is 130 Å². The van der Waals surface area contributed by atoms with Gasteiger partial charge < -0.3 is 9.80 Å². The number of carbonyl (C=O) groups is 1. The summed E-state index contributed by atoms with van der Waals surface area (Å²) in [4.78, 5) is 17.4. The zero-order valence-electron chi connectivity index (χ0n) is 13.6. The van der Waals surface area contributed by atoms with Crippen LogP contribution in [0.3, 0.4) is 0 Å². The van der Waals surface area contributed by atoms with Crippen LogP contribution in [-0.2, 0) is 4.79 Å². The maximum Gasteiger partial charge on any atom is 0.225 e. The molecule has 0 atom stereocenters. The van der Waals surface area contributed by atoms with Crippen molar-refractivity contribution in [2.45, 2.75) is 64.2 Å². The molecule has 1 amide bonds. The Morgan fingerprint density at radius 2 is 1.38 bits per heavy atom. The molecule has 3 aliphatic rings. The van der Waals surface area contributed by atoms with Crippen LogP contribution in [0.25, 0.3) is 0 Å². The zero-order chi connectivity index (χ0) is 14.5. The summed E-state index contributed by atoms with van der Waals surface area (Å²) in [5.74, 6) is 1.67. The molecule has 3 nitrogen and oxygen atoms in total. The van der Waals surface area contributed by atoms with Gasteiger partial charge >= 0.3 is 0 Å². The van der Waals surface area contributed by atoms with Crippen LogP contribution in [0.4, 0.5) is 0 Å². The molecule has 1 saturated carbocycles. The summed E-state index contributed by atoms with van der Waals surface area (Å²) in [7, 11) is 0. The van der Waals surface area contributed by atoms with Crippen molar-refractivity contribution in [3.05, 3.63) is 0 Å². The van der Waals surface area contributed by atoms with Crippen LogP contribution < -0.4 is 0 Å². The first-order valence-electron chi connectivity index (χ1n) is 9.34. The number of likely N-dealkylation sites (tertiary alicyclic amines) is 2. The van der Waals surface area contributed by atoms with Gasteiger partial charge in [-0.05, 0) is 57.5 Å². The van der Waals surface area contributed by atoms with Crippen molar-refractivity contribution in [3.8, 4) is 0 Å². The highest BCUT2D eigenvalue weighted by molar-refractivity contribution is 5.79. The molecule has 0 spiro atoms. The molecule has 0 aromatic rings. The van der Waals surface area contributed by atoms with Gasteiger partial charge in [0.05, 0.1) is 0 Å². The summed E-state index contributed by atoms with van der Waals surface area (Å²) >= 11 is 0. The lowest BCUT2D eigenvalue weighted by atomic mass is 9.87. The molecule has 120 valence electrons. The smallest absolute Gasteiger partial charge is 0.225 e. The second kappa shape index (κ2) is 7.62. The van der Waals surface area contributed by atoms with E-state index >= 15 is 0 Å². The predicted molar refractivity (Wildman–Crippen MR) is 86.2 cm³/mol. The van der Waals surface area contributed by atoms with Crippen LogP contribution in [0.15, 0.2) is 0 Å². The lowest BCUT2D eigenvalue weighted by Crippen LogP contribution is -2.44. The predicted octanol–water partition coefficient (Wildman–Crippen LogP) is 3.29. The lowest BCUT2D eigenvalue weighted by molar-refractivity contribution is -0.138. The van der Waals surface area contributed by atoms with E-state index in [4.69, 9.17) is 0 Å². The normalized spacial score (nSPS) is 27.0. The molecular formula is C18H32N2O. The molecular weight excluding hydrogens is 260 g/mol. The van der Waals surface area contributed by atoms with E-state index in [1.165, 1.54) is 71.0 Å². The Bertz CT molecular complexity index is 324. The number of carbonyl (C=O) groups excluding carboxylic acids is 1. The van der Waals surface area contributed by atoms with Crippen molar-refractivity contribution in [1.29, 1.82) is 0 Å².